The maximum absolute atomic E-state index is 12.0. The number of hydrogen-bond donors (Lipinski definition) is 1. The summed E-state index contributed by atoms with van der Waals surface area (Å²) < 4.78 is 4.94. The highest BCUT2D eigenvalue weighted by Gasteiger charge is 2.26. The van der Waals surface area contributed by atoms with E-state index in [2.05, 4.69) is 0 Å². The van der Waals surface area contributed by atoms with E-state index in [0.717, 1.165) is 0 Å². The number of hydrogen-bond acceptors (Lipinski definition) is 4. The molecule has 25 heavy (non-hydrogen) atoms. The van der Waals surface area contributed by atoms with Crippen LogP contribution in [0.3, 0.4) is 0 Å². The predicted octanol–water partition coefficient (Wildman–Crippen LogP) is 2.27. The first kappa shape index (κ1) is 19.3. The van der Waals surface area contributed by atoms with Crippen LogP contribution in [0.1, 0.15) is 18.4 Å². The molecule has 1 fully saturated rings. The summed E-state index contributed by atoms with van der Waals surface area (Å²) in [6.45, 7) is 0.491. The minimum Gasteiger partial charge on any atom is -0.452 e. The first-order valence-corrected chi connectivity index (χ1v) is 8.50. The van der Waals surface area contributed by atoms with E-state index in [1.165, 1.54) is 12.2 Å². The third kappa shape index (κ3) is 5.47. The van der Waals surface area contributed by atoms with Crippen LogP contribution in [-0.4, -0.2) is 42.4 Å². The molecule has 1 aromatic rings. The second-order valence-corrected chi connectivity index (χ2v) is 6.45. The minimum atomic E-state index is -0.670. The monoisotopic (exact) mass is 384 g/mol. The van der Waals surface area contributed by atoms with Gasteiger partial charge in [-0.3, -0.25) is 9.59 Å². The molecule has 1 saturated heterocycles. The Bertz CT molecular complexity index is 678. The van der Waals surface area contributed by atoms with Crippen molar-refractivity contribution in [3.8, 4) is 0 Å². The number of piperidine rings is 1. The van der Waals surface area contributed by atoms with E-state index in [4.69, 9.17) is 33.7 Å². The van der Waals surface area contributed by atoms with E-state index in [9.17, 15) is 14.4 Å². The number of ether oxygens (including phenoxy) is 1. The summed E-state index contributed by atoms with van der Waals surface area (Å²) in [5.41, 5.74) is 5.75. The fourth-order valence-electron chi connectivity index (χ4n) is 2.51. The summed E-state index contributed by atoms with van der Waals surface area (Å²) in [5, 5.41) is 0.815. The molecule has 0 atom stereocenters. The van der Waals surface area contributed by atoms with E-state index >= 15 is 0 Å². The van der Waals surface area contributed by atoms with Gasteiger partial charge in [0, 0.05) is 40.7 Å². The van der Waals surface area contributed by atoms with Gasteiger partial charge < -0.3 is 15.4 Å². The van der Waals surface area contributed by atoms with E-state index < -0.39 is 5.97 Å². The highest BCUT2D eigenvalue weighted by molar-refractivity contribution is 6.37. The third-order valence-electron chi connectivity index (χ3n) is 3.97. The molecular formula is C17H18Cl2N2O4. The smallest absolute Gasteiger partial charge is 0.331 e. The van der Waals surface area contributed by atoms with E-state index in [1.54, 1.807) is 23.1 Å². The number of primary amides is 1. The van der Waals surface area contributed by atoms with Crippen molar-refractivity contribution >= 4 is 47.1 Å². The normalized spacial score (nSPS) is 15.4. The molecule has 6 nitrogen and oxygen atoms in total. The molecule has 0 radical (unpaired) electrons. The molecule has 1 heterocycles. The quantitative estimate of drug-likeness (QED) is 0.622. The Morgan fingerprint density at radius 3 is 2.36 bits per heavy atom. The van der Waals surface area contributed by atoms with Crippen LogP contribution in [0.2, 0.25) is 10.0 Å². The molecule has 8 heteroatoms. The lowest BCUT2D eigenvalue weighted by atomic mass is 9.96. The zero-order chi connectivity index (χ0) is 18.4. The number of rotatable bonds is 5. The molecule has 0 unspecified atom stereocenters. The van der Waals surface area contributed by atoms with Crippen molar-refractivity contribution in [1.29, 1.82) is 0 Å². The molecule has 0 aliphatic carbocycles. The topological polar surface area (TPSA) is 89.7 Å². The molecule has 134 valence electrons. The van der Waals surface area contributed by atoms with Crippen molar-refractivity contribution in [2.24, 2.45) is 11.7 Å². The van der Waals surface area contributed by atoms with Gasteiger partial charge in [0.1, 0.15) is 0 Å². The fourth-order valence-corrected chi connectivity index (χ4v) is 3.03. The lowest BCUT2D eigenvalue weighted by Gasteiger charge is -2.30. The third-order valence-corrected chi connectivity index (χ3v) is 4.63. The second kappa shape index (κ2) is 8.87. The summed E-state index contributed by atoms with van der Waals surface area (Å²) in [4.78, 5) is 36.4. The highest BCUT2D eigenvalue weighted by atomic mass is 35.5. The van der Waals surface area contributed by atoms with Crippen molar-refractivity contribution < 1.29 is 19.1 Å². The highest BCUT2D eigenvalue weighted by Crippen LogP contribution is 2.25. The zero-order valence-electron chi connectivity index (χ0n) is 13.4. The number of nitrogens with two attached hydrogens (primary N) is 1. The Morgan fingerprint density at radius 1 is 1.20 bits per heavy atom. The van der Waals surface area contributed by atoms with Gasteiger partial charge in [-0.05, 0) is 31.1 Å². The van der Waals surface area contributed by atoms with Gasteiger partial charge in [-0.1, -0.05) is 29.3 Å². The lowest BCUT2D eigenvalue weighted by molar-refractivity contribution is -0.149. The van der Waals surface area contributed by atoms with Crippen LogP contribution < -0.4 is 5.73 Å². The number of nitrogens with zero attached hydrogens (tertiary/aromatic N) is 1. The van der Waals surface area contributed by atoms with Gasteiger partial charge in [-0.25, -0.2) is 4.79 Å². The van der Waals surface area contributed by atoms with Gasteiger partial charge in [-0.2, -0.15) is 0 Å². The zero-order valence-corrected chi connectivity index (χ0v) is 14.9. The number of halogens is 2. The van der Waals surface area contributed by atoms with Crippen LogP contribution in [0.5, 0.6) is 0 Å². The van der Waals surface area contributed by atoms with Gasteiger partial charge in [0.05, 0.1) is 0 Å². The predicted molar refractivity (Wildman–Crippen MR) is 95.0 cm³/mol. The Kier molecular flexibility index (Phi) is 6.84. The molecule has 2 amide bonds. The number of carbonyl (C=O) groups excluding carboxylic acids is 3. The molecule has 0 spiro atoms. The molecule has 1 aliphatic rings. The van der Waals surface area contributed by atoms with Crippen molar-refractivity contribution in [1.82, 2.24) is 4.90 Å². The summed E-state index contributed by atoms with van der Waals surface area (Å²) in [5.74, 6) is -1.52. The van der Waals surface area contributed by atoms with Crippen molar-refractivity contribution in [2.75, 3.05) is 19.7 Å². The largest absolute Gasteiger partial charge is 0.452 e. The molecule has 0 saturated carbocycles. The van der Waals surface area contributed by atoms with Gasteiger partial charge in [0.25, 0.3) is 5.91 Å². The average Bonchev–Trinajstić information content (AvgIpc) is 2.59. The SMILES string of the molecule is NC(=O)C1CCN(C(=O)COC(=O)/C=C/c2c(Cl)cccc2Cl)CC1. The maximum atomic E-state index is 12.0. The summed E-state index contributed by atoms with van der Waals surface area (Å²) in [6, 6.07) is 5.00. The van der Waals surface area contributed by atoms with Crippen molar-refractivity contribution in [2.45, 2.75) is 12.8 Å². The minimum absolute atomic E-state index is 0.199. The first-order chi connectivity index (χ1) is 11.9. The van der Waals surface area contributed by atoms with Crippen LogP contribution in [0, 0.1) is 5.92 Å². The number of likely N-dealkylation sites (tertiary alicyclic amines) is 1. The van der Waals surface area contributed by atoms with Crippen LogP contribution in [0.15, 0.2) is 24.3 Å². The van der Waals surface area contributed by atoms with Gasteiger partial charge in [0.15, 0.2) is 6.61 Å². The summed E-state index contributed by atoms with van der Waals surface area (Å²) in [6.07, 6.45) is 3.66. The molecule has 2 N–H and O–H groups in total. The average molecular weight is 385 g/mol. The molecular weight excluding hydrogens is 367 g/mol. The van der Waals surface area contributed by atoms with Gasteiger partial charge in [0.2, 0.25) is 5.91 Å². The van der Waals surface area contributed by atoms with Crippen LogP contribution in [0.4, 0.5) is 0 Å². The maximum Gasteiger partial charge on any atom is 0.331 e. The molecule has 1 aromatic carbocycles. The Labute approximate surface area is 155 Å². The first-order valence-electron chi connectivity index (χ1n) is 7.74. The Balaban J connectivity index is 1.81. The van der Waals surface area contributed by atoms with Crippen LogP contribution >= 0.6 is 23.2 Å². The van der Waals surface area contributed by atoms with Crippen LogP contribution in [-0.2, 0) is 19.1 Å². The number of amides is 2. The van der Waals surface area contributed by atoms with E-state index in [-0.39, 0.29) is 24.3 Å². The number of carbonyl (C=O) groups is 3. The van der Waals surface area contributed by atoms with E-state index in [1.807, 2.05) is 0 Å². The molecule has 0 aromatic heterocycles. The molecule has 0 bridgehead atoms. The second-order valence-electron chi connectivity index (χ2n) is 5.63. The number of esters is 1. The van der Waals surface area contributed by atoms with Gasteiger partial charge in [-0.15, -0.1) is 0 Å². The van der Waals surface area contributed by atoms with Gasteiger partial charge >= 0.3 is 5.97 Å². The Hall–Kier alpha value is -2.05. The molecule has 1 aliphatic heterocycles. The summed E-state index contributed by atoms with van der Waals surface area (Å²) in [7, 11) is 0. The lowest BCUT2D eigenvalue weighted by Crippen LogP contribution is -2.43. The van der Waals surface area contributed by atoms with E-state index in [0.29, 0.717) is 41.5 Å². The summed E-state index contributed by atoms with van der Waals surface area (Å²) >= 11 is 12.0. The fraction of sp³-hybridized carbons (Fsp3) is 0.353. The van der Waals surface area contributed by atoms with Crippen molar-refractivity contribution in [3.05, 3.63) is 39.9 Å². The standard InChI is InChI=1S/C17H18Cl2N2O4/c18-13-2-1-3-14(19)12(13)4-5-16(23)25-10-15(22)21-8-6-11(7-9-21)17(20)24/h1-5,11H,6-10H2,(H2,20,24)/b5-4+. The van der Waals surface area contributed by atoms with Crippen LogP contribution in [0.25, 0.3) is 6.08 Å². The Morgan fingerprint density at radius 2 is 1.80 bits per heavy atom. The molecule has 2 rings (SSSR count). The van der Waals surface area contributed by atoms with Crippen molar-refractivity contribution in [3.63, 3.8) is 0 Å². The number of benzene rings is 1.